The standard InChI is InChI=1S/C20H20N4O2/c1-13(20(26)24-11-10-14-6-2-3-7-15(14)12-24)21-19(25)18-16-8-4-5-9-17(16)22-23-18/h2-9,13H,10-12H2,1H3,(H,21,25)(H,22,23). The third-order valence-electron chi connectivity index (χ3n) is 4.85. The van der Waals surface area contributed by atoms with Crippen LogP contribution >= 0.6 is 0 Å². The van der Waals surface area contributed by atoms with E-state index in [1.54, 1.807) is 11.8 Å². The van der Waals surface area contributed by atoms with Crippen LogP contribution in [-0.2, 0) is 17.8 Å². The fourth-order valence-electron chi connectivity index (χ4n) is 3.42. The highest BCUT2D eigenvalue weighted by Gasteiger charge is 2.26. The molecule has 2 amide bonds. The molecule has 0 saturated heterocycles. The molecule has 4 rings (SSSR count). The number of para-hydroxylation sites is 1. The second kappa shape index (κ2) is 6.63. The van der Waals surface area contributed by atoms with Crippen LogP contribution in [0.2, 0.25) is 0 Å². The summed E-state index contributed by atoms with van der Waals surface area (Å²) in [6.07, 6.45) is 0.840. The number of aromatic nitrogens is 2. The van der Waals surface area contributed by atoms with Crippen molar-refractivity contribution in [1.29, 1.82) is 0 Å². The fourth-order valence-corrected chi connectivity index (χ4v) is 3.42. The van der Waals surface area contributed by atoms with Crippen LogP contribution in [0.5, 0.6) is 0 Å². The summed E-state index contributed by atoms with van der Waals surface area (Å²) in [4.78, 5) is 27.1. The van der Waals surface area contributed by atoms with Gasteiger partial charge >= 0.3 is 0 Å². The van der Waals surface area contributed by atoms with Crippen LogP contribution in [-0.4, -0.2) is 39.5 Å². The first-order valence-corrected chi connectivity index (χ1v) is 8.73. The van der Waals surface area contributed by atoms with E-state index in [1.165, 1.54) is 11.1 Å². The van der Waals surface area contributed by atoms with E-state index in [0.29, 0.717) is 18.8 Å². The van der Waals surface area contributed by atoms with Crippen molar-refractivity contribution in [3.63, 3.8) is 0 Å². The van der Waals surface area contributed by atoms with Crippen LogP contribution in [0, 0.1) is 0 Å². The first-order valence-electron chi connectivity index (χ1n) is 8.73. The van der Waals surface area contributed by atoms with Gasteiger partial charge in [0.05, 0.1) is 5.52 Å². The van der Waals surface area contributed by atoms with E-state index in [4.69, 9.17) is 0 Å². The molecule has 0 saturated carbocycles. The molecule has 0 spiro atoms. The van der Waals surface area contributed by atoms with E-state index in [1.807, 2.05) is 42.5 Å². The molecule has 1 aliphatic heterocycles. The molecule has 0 aliphatic carbocycles. The Balaban J connectivity index is 1.45. The number of carbonyl (C=O) groups excluding carboxylic acids is 2. The predicted molar refractivity (Wildman–Crippen MR) is 98.6 cm³/mol. The minimum Gasteiger partial charge on any atom is -0.339 e. The molecule has 2 aromatic carbocycles. The van der Waals surface area contributed by atoms with Crippen LogP contribution in [0.1, 0.15) is 28.5 Å². The third-order valence-corrected chi connectivity index (χ3v) is 4.85. The molecule has 1 aromatic heterocycles. The zero-order valence-electron chi connectivity index (χ0n) is 14.5. The normalized spacial score (nSPS) is 14.7. The average molecular weight is 348 g/mol. The maximum atomic E-state index is 12.8. The number of nitrogens with one attached hydrogen (secondary N) is 2. The molecular formula is C20H20N4O2. The summed E-state index contributed by atoms with van der Waals surface area (Å²) in [7, 11) is 0. The van der Waals surface area contributed by atoms with Gasteiger partial charge in [-0.1, -0.05) is 42.5 Å². The minimum absolute atomic E-state index is 0.0762. The predicted octanol–water partition coefficient (Wildman–Crippen LogP) is 2.27. The first-order chi connectivity index (χ1) is 12.6. The van der Waals surface area contributed by atoms with Crippen LogP contribution in [0.25, 0.3) is 10.9 Å². The molecule has 1 aliphatic rings. The lowest BCUT2D eigenvalue weighted by Crippen LogP contribution is -2.48. The summed E-state index contributed by atoms with van der Waals surface area (Å²) < 4.78 is 0. The van der Waals surface area contributed by atoms with Crippen molar-refractivity contribution >= 4 is 22.7 Å². The quantitative estimate of drug-likeness (QED) is 0.762. The molecule has 0 radical (unpaired) electrons. The van der Waals surface area contributed by atoms with Crippen molar-refractivity contribution in [2.45, 2.75) is 25.9 Å². The number of fused-ring (bicyclic) bond motifs is 2. The molecule has 132 valence electrons. The summed E-state index contributed by atoms with van der Waals surface area (Å²) in [5.41, 5.74) is 3.56. The first kappa shape index (κ1) is 16.3. The Hall–Kier alpha value is -3.15. The molecule has 1 atom stereocenters. The lowest BCUT2D eigenvalue weighted by Gasteiger charge is -2.31. The van der Waals surface area contributed by atoms with Crippen LogP contribution in [0.4, 0.5) is 0 Å². The summed E-state index contributed by atoms with van der Waals surface area (Å²) >= 11 is 0. The van der Waals surface area contributed by atoms with E-state index in [9.17, 15) is 9.59 Å². The number of hydrogen-bond donors (Lipinski definition) is 2. The summed E-state index contributed by atoms with van der Waals surface area (Å²) in [5.74, 6) is -0.423. The topological polar surface area (TPSA) is 78.1 Å². The second-order valence-electron chi connectivity index (χ2n) is 6.59. The van der Waals surface area contributed by atoms with Gasteiger partial charge in [-0.2, -0.15) is 5.10 Å². The van der Waals surface area contributed by atoms with Gasteiger partial charge in [0.1, 0.15) is 6.04 Å². The number of nitrogens with zero attached hydrogens (tertiary/aromatic N) is 2. The van der Waals surface area contributed by atoms with Gasteiger partial charge < -0.3 is 10.2 Å². The van der Waals surface area contributed by atoms with Gasteiger partial charge in [0.25, 0.3) is 5.91 Å². The number of benzene rings is 2. The fraction of sp³-hybridized carbons (Fsp3) is 0.250. The van der Waals surface area contributed by atoms with Gasteiger partial charge in [0.15, 0.2) is 5.69 Å². The molecule has 6 nitrogen and oxygen atoms in total. The Bertz CT molecular complexity index is 979. The number of amides is 2. The lowest BCUT2D eigenvalue weighted by atomic mass is 9.99. The van der Waals surface area contributed by atoms with Crippen molar-refractivity contribution in [3.8, 4) is 0 Å². The lowest BCUT2D eigenvalue weighted by molar-refractivity contribution is -0.133. The highest BCUT2D eigenvalue weighted by Crippen LogP contribution is 2.19. The molecule has 0 fully saturated rings. The SMILES string of the molecule is CC(NC(=O)c1n[nH]c2ccccc12)C(=O)N1CCc2ccccc2C1. The van der Waals surface area contributed by atoms with E-state index in [-0.39, 0.29) is 11.8 Å². The van der Waals surface area contributed by atoms with Crippen LogP contribution < -0.4 is 5.32 Å². The van der Waals surface area contributed by atoms with E-state index < -0.39 is 6.04 Å². The molecule has 26 heavy (non-hydrogen) atoms. The van der Waals surface area contributed by atoms with Crippen LogP contribution in [0.15, 0.2) is 48.5 Å². The highest BCUT2D eigenvalue weighted by atomic mass is 16.2. The van der Waals surface area contributed by atoms with E-state index >= 15 is 0 Å². The summed E-state index contributed by atoms with van der Waals surface area (Å²) in [6, 6.07) is 15.0. The summed E-state index contributed by atoms with van der Waals surface area (Å²) in [6.45, 7) is 2.97. The Kier molecular flexibility index (Phi) is 4.16. The number of H-pyrrole nitrogens is 1. The maximum Gasteiger partial charge on any atom is 0.273 e. The number of aromatic amines is 1. The number of rotatable bonds is 3. The Morgan fingerprint density at radius 2 is 1.85 bits per heavy atom. The van der Waals surface area contributed by atoms with Crippen molar-refractivity contribution in [2.75, 3.05) is 6.54 Å². The second-order valence-corrected chi connectivity index (χ2v) is 6.59. The van der Waals surface area contributed by atoms with Crippen molar-refractivity contribution in [1.82, 2.24) is 20.4 Å². The molecule has 1 unspecified atom stereocenters. The average Bonchev–Trinajstić information content (AvgIpc) is 3.11. The number of carbonyl (C=O) groups is 2. The Morgan fingerprint density at radius 1 is 1.12 bits per heavy atom. The molecule has 0 bridgehead atoms. The Morgan fingerprint density at radius 3 is 2.69 bits per heavy atom. The van der Waals surface area contributed by atoms with Gasteiger partial charge in [0, 0.05) is 18.5 Å². The van der Waals surface area contributed by atoms with Gasteiger partial charge in [0.2, 0.25) is 5.91 Å². The van der Waals surface area contributed by atoms with Gasteiger partial charge in [-0.25, -0.2) is 0 Å². The van der Waals surface area contributed by atoms with Crippen molar-refractivity contribution < 1.29 is 9.59 Å². The van der Waals surface area contributed by atoms with Crippen LogP contribution in [0.3, 0.4) is 0 Å². The van der Waals surface area contributed by atoms with Gasteiger partial charge in [-0.05, 0) is 30.5 Å². The third kappa shape index (κ3) is 2.94. The molecule has 3 aromatic rings. The zero-order chi connectivity index (χ0) is 18.1. The van der Waals surface area contributed by atoms with Crippen molar-refractivity contribution in [3.05, 3.63) is 65.4 Å². The maximum absolute atomic E-state index is 12.8. The largest absolute Gasteiger partial charge is 0.339 e. The number of hydrogen-bond acceptors (Lipinski definition) is 3. The minimum atomic E-state index is -0.608. The smallest absolute Gasteiger partial charge is 0.273 e. The zero-order valence-corrected chi connectivity index (χ0v) is 14.5. The highest BCUT2D eigenvalue weighted by molar-refractivity contribution is 6.05. The molecular weight excluding hydrogens is 328 g/mol. The molecule has 2 N–H and O–H groups in total. The van der Waals surface area contributed by atoms with Gasteiger partial charge in [-0.3, -0.25) is 14.7 Å². The van der Waals surface area contributed by atoms with Crippen molar-refractivity contribution in [2.24, 2.45) is 0 Å². The Labute approximate surface area is 151 Å². The molecule has 6 heteroatoms. The summed E-state index contributed by atoms with van der Waals surface area (Å²) in [5, 5.41) is 10.5. The molecule has 2 heterocycles. The van der Waals surface area contributed by atoms with E-state index in [0.717, 1.165) is 17.3 Å². The monoisotopic (exact) mass is 348 g/mol. The van der Waals surface area contributed by atoms with E-state index in [2.05, 4.69) is 21.6 Å². The van der Waals surface area contributed by atoms with Gasteiger partial charge in [-0.15, -0.1) is 0 Å².